The lowest BCUT2D eigenvalue weighted by Gasteiger charge is -2.17. The minimum atomic E-state index is -0.541. The van der Waals surface area contributed by atoms with Crippen molar-refractivity contribution in [3.8, 4) is 17.0 Å². The molecule has 2 heterocycles. The number of hydrogen-bond acceptors (Lipinski definition) is 3. The van der Waals surface area contributed by atoms with Gasteiger partial charge in [-0.3, -0.25) is 4.79 Å². The van der Waals surface area contributed by atoms with Crippen molar-refractivity contribution in [2.45, 2.75) is 19.9 Å². The van der Waals surface area contributed by atoms with Crippen LogP contribution in [0, 0.1) is 12.7 Å². The average molecular weight is 324 g/mol. The number of nitrogens with zero attached hydrogens (tertiary/aromatic N) is 2. The Balaban J connectivity index is 2.27. The third-order valence-corrected chi connectivity index (χ3v) is 3.93. The first kappa shape index (κ1) is 14.8. The highest BCUT2D eigenvalue weighted by atomic mass is 35.5. The molecule has 0 saturated carbocycles. The van der Waals surface area contributed by atoms with Crippen LogP contribution in [-0.2, 0) is 6.54 Å². The van der Waals surface area contributed by atoms with Gasteiger partial charge < -0.3 is 10.1 Å². The van der Waals surface area contributed by atoms with E-state index in [1.165, 1.54) is 19.2 Å². The molecular formula is C15H15ClFN3O2. The number of nitrogens with one attached hydrogen (secondary N) is 1. The van der Waals surface area contributed by atoms with Gasteiger partial charge in [-0.15, -0.1) is 0 Å². The Morgan fingerprint density at radius 3 is 3.00 bits per heavy atom. The minimum Gasteiger partial charge on any atom is -0.477 e. The van der Waals surface area contributed by atoms with Crippen molar-refractivity contribution in [2.75, 3.05) is 13.7 Å². The van der Waals surface area contributed by atoms with E-state index >= 15 is 0 Å². The molecule has 1 aromatic carbocycles. The van der Waals surface area contributed by atoms with E-state index in [0.717, 1.165) is 12.0 Å². The summed E-state index contributed by atoms with van der Waals surface area (Å²) >= 11 is 5.81. The fraction of sp³-hybridized carbons (Fsp3) is 0.333. The van der Waals surface area contributed by atoms with Crippen LogP contribution >= 0.6 is 11.6 Å². The number of carbonyl (C=O) groups excluding carboxylic acids is 1. The summed E-state index contributed by atoms with van der Waals surface area (Å²) in [6.07, 6.45) is 0.815. The number of halogens is 2. The normalized spacial score (nSPS) is 13.5. The number of fused-ring (bicyclic) bond motifs is 1. The molecule has 22 heavy (non-hydrogen) atoms. The Bertz CT molecular complexity index is 758. The first-order valence-corrected chi connectivity index (χ1v) is 7.32. The van der Waals surface area contributed by atoms with Gasteiger partial charge in [-0.05, 0) is 30.2 Å². The summed E-state index contributed by atoms with van der Waals surface area (Å²) in [6.45, 7) is 3.01. The molecule has 5 nitrogen and oxygen atoms in total. The molecule has 0 bridgehead atoms. The van der Waals surface area contributed by atoms with Crippen LogP contribution < -0.4 is 10.1 Å². The monoisotopic (exact) mass is 323 g/mol. The van der Waals surface area contributed by atoms with E-state index in [9.17, 15) is 9.18 Å². The summed E-state index contributed by atoms with van der Waals surface area (Å²) in [4.78, 5) is 12.1. The van der Waals surface area contributed by atoms with Gasteiger partial charge in [0.05, 0.1) is 17.2 Å². The molecule has 116 valence electrons. The smallest absolute Gasteiger partial charge is 0.272 e. The lowest BCUT2D eigenvalue weighted by Crippen LogP contribution is -2.19. The molecular weight excluding hydrogens is 309 g/mol. The zero-order valence-electron chi connectivity index (χ0n) is 12.2. The second-order valence-corrected chi connectivity index (χ2v) is 5.52. The lowest BCUT2D eigenvalue weighted by molar-refractivity contribution is 0.0958. The Kier molecular flexibility index (Phi) is 3.78. The Labute approximate surface area is 132 Å². The van der Waals surface area contributed by atoms with Gasteiger partial charge in [0.15, 0.2) is 5.69 Å². The molecule has 2 aromatic rings. The van der Waals surface area contributed by atoms with Crippen molar-refractivity contribution < 1.29 is 13.9 Å². The van der Waals surface area contributed by atoms with E-state index in [1.807, 2.05) is 0 Å². The van der Waals surface area contributed by atoms with Gasteiger partial charge in [0.1, 0.15) is 5.82 Å². The standard InChI is InChI=1S/C15H15ClFN3O2/c1-8-6-10(16)11(17)7-9(8)12-13(14(21)18-2)19-20-4-3-5-22-15(12)20/h6-7H,3-5H2,1-2H3,(H,18,21). The second kappa shape index (κ2) is 5.61. The number of carbonyl (C=O) groups is 1. The fourth-order valence-electron chi connectivity index (χ4n) is 2.56. The molecule has 0 unspecified atom stereocenters. The molecule has 1 aromatic heterocycles. The Morgan fingerprint density at radius 2 is 2.27 bits per heavy atom. The summed E-state index contributed by atoms with van der Waals surface area (Å²) in [5.74, 6) is -0.384. The first-order valence-electron chi connectivity index (χ1n) is 6.94. The van der Waals surface area contributed by atoms with E-state index in [2.05, 4.69) is 10.4 Å². The van der Waals surface area contributed by atoms with Gasteiger partial charge in [-0.25, -0.2) is 9.07 Å². The van der Waals surface area contributed by atoms with Crippen LogP contribution in [0.2, 0.25) is 5.02 Å². The predicted molar refractivity (Wildman–Crippen MR) is 80.9 cm³/mol. The highest BCUT2D eigenvalue weighted by molar-refractivity contribution is 6.30. The van der Waals surface area contributed by atoms with Crippen molar-refractivity contribution in [3.05, 3.63) is 34.2 Å². The molecule has 0 fully saturated rings. The van der Waals surface area contributed by atoms with Gasteiger partial charge in [-0.1, -0.05) is 11.6 Å². The zero-order chi connectivity index (χ0) is 15.9. The Hall–Kier alpha value is -2.08. The first-order chi connectivity index (χ1) is 10.5. The molecule has 0 radical (unpaired) electrons. The Morgan fingerprint density at radius 1 is 1.50 bits per heavy atom. The maximum atomic E-state index is 13.9. The zero-order valence-corrected chi connectivity index (χ0v) is 13.0. The number of amides is 1. The molecule has 1 aliphatic heterocycles. The number of ether oxygens (including phenoxy) is 1. The van der Waals surface area contributed by atoms with Gasteiger partial charge in [-0.2, -0.15) is 5.10 Å². The van der Waals surface area contributed by atoms with Crippen molar-refractivity contribution in [1.82, 2.24) is 15.1 Å². The number of aromatic nitrogens is 2. The van der Waals surface area contributed by atoms with Gasteiger partial charge in [0.2, 0.25) is 5.88 Å². The maximum Gasteiger partial charge on any atom is 0.272 e. The van der Waals surface area contributed by atoms with Crippen LogP contribution in [0.3, 0.4) is 0 Å². The molecule has 0 saturated heterocycles. The number of aryl methyl sites for hydroxylation is 2. The number of benzene rings is 1. The highest BCUT2D eigenvalue weighted by Gasteiger charge is 2.28. The lowest BCUT2D eigenvalue weighted by atomic mass is 9.99. The summed E-state index contributed by atoms with van der Waals surface area (Å²) in [5, 5.41) is 6.92. The molecule has 1 N–H and O–H groups in total. The third-order valence-electron chi connectivity index (χ3n) is 3.64. The van der Waals surface area contributed by atoms with Crippen LogP contribution in [0.1, 0.15) is 22.5 Å². The van der Waals surface area contributed by atoms with Crippen molar-refractivity contribution in [2.24, 2.45) is 0 Å². The third kappa shape index (κ3) is 2.33. The van der Waals surface area contributed by atoms with Crippen LogP contribution in [0.25, 0.3) is 11.1 Å². The van der Waals surface area contributed by atoms with Crippen molar-refractivity contribution >= 4 is 17.5 Å². The molecule has 1 aliphatic rings. The van der Waals surface area contributed by atoms with E-state index < -0.39 is 5.82 Å². The quantitative estimate of drug-likeness (QED) is 0.924. The van der Waals surface area contributed by atoms with Crippen molar-refractivity contribution in [1.29, 1.82) is 0 Å². The molecule has 0 atom stereocenters. The molecule has 3 rings (SSSR count). The SMILES string of the molecule is CNC(=O)c1nn2c(c1-c1cc(F)c(Cl)cc1C)OCCC2. The molecule has 7 heteroatoms. The van der Waals surface area contributed by atoms with Gasteiger partial charge >= 0.3 is 0 Å². The highest BCUT2D eigenvalue weighted by Crippen LogP contribution is 2.38. The average Bonchev–Trinajstić information content (AvgIpc) is 2.89. The summed E-state index contributed by atoms with van der Waals surface area (Å²) in [6, 6.07) is 2.85. The summed E-state index contributed by atoms with van der Waals surface area (Å²) in [7, 11) is 1.53. The van der Waals surface area contributed by atoms with E-state index in [-0.39, 0.29) is 16.6 Å². The largest absolute Gasteiger partial charge is 0.477 e. The van der Waals surface area contributed by atoms with Crippen LogP contribution in [0.4, 0.5) is 4.39 Å². The second-order valence-electron chi connectivity index (χ2n) is 5.11. The summed E-state index contributed by atoms with van der Waals surface area (Å²) in [5.41, 5.74) is 2.04. The molecule has 0 aliphatic carbocycles. The molecule has 1 amide bonds. The van der Waals surface area contributed by atoms with E-state index in [1.54, 1.807) is 11.6 Å². The summed E-state index contributed by atoms with van der Waals surface area (Å²) < 4.78 is 21.2. The number of hydrogen-bond donors (Lipinski definition) is 1. The van der Waals surface area contributed by atoms with Crippen LogP contribution in [-0.4, -0.2) is 29.3 Å². The minimum absolute atomic E-state index is 0.0460. The van der Waals surface area contributed by atoms with Crippen molar-refractivity contribution in [3.63, 3.8) is 0 Å². The fourth-order valence-corrected chi connectivity index (χ4v) is 2.78. The topological polar surface area (TPSA) is 56.2 Å². The number of rotatable bonds is 2. The molecule has 0 spiro atoms. The van der Waals surface area contributed by atoms with E-state index in [0.29, 0.717) is 30.2 Å². The van der Waals surface area contributed by atoms with Gasteiger partial charge in [0, 0.05) is 20.0 Å². The van der Waals surface area contributed by atoms with E-state index in [4.69, 9.17) is 16.3 Å². The van der Waals surface area contributed by atoms with Gasteiger partial charge in [0.25, 0.3) is 5.91 Å². The van der Waals surface area contributed by atoms with Crippen LogP contribution in [0.15, 0.2) is 12.1 Å². The predicted octanol–water partition coefficient (Wildman–Crippen LogP) is 2.79. The van der Waals surface area contributed by atoms with Crippen LogP contribution in [0.5, 0.6) is 5.88 Å². The maximum absolute atomic E-state index is 13.9.